The Hall–Kier alpha value is -3.09. The van der Waals surface area contributed by atoms with Crippen LogP contribution in [0.4, 0.5) is 5.69 Å². The van der Waals surface area contributed by atoms with E-state index in [9.17, 15) is 10.1 Å². The molecule has 0 radical (unpaired) electrons. The number of methoxy groups -OCH3 is 1. The van der Waals surface area contributed by atoms with Gasteiger partial charge in [-0.15, -0.1) is 0 Å². The summed E-state index contributed by atoms with van der Waals surface area (Å²) in [6, 6.07) is 9.06. The second-order valence-corrected chi connectivity index (χ2v) is 5.53. The Morgan fingerprint density at radius 1 is 1.28 bits per heavy atom. The number of nitrogens with one attached hydrogen (secondary N) is 1. The van der Waals surface area contributed by atoms with E-state index in [4.69, 9.17) is 9.47 Å². The zero-order valence-electron chi connectivity index (χ0n) is 14.7. The predicted molar refractivity (Wildman–Crippen MR) is 96.6 cm³/mol. The summed E-state index contributed by atoms with van der Waals surface area (Å²) < 4.78 is 11.1. The van der Waals surface area contributed by atoms with Gasteiger partial charge in [-0.3, -0.25) is 10.1 Å². The number of nitrogens with zero attached hydrogens (tertiary/aromatic N) is 2. The van der Waals surface area contributed by atoms with Crippen LogP contribution in [0.25, 0.3) is 0 Å². The minimum absolute atomic E-state index is 0.106. The number of rotatable bonds is 7. The highest BCUT2D eigenvalue weighted by Crippen LogP contribution is 2.38. The normalized spacial score (nSPS) is 10.7. The first-order valence-corrected chi connectivity index (χ1v) is 7.71. The van der Waals surface area contributed by atoms with Crippen LogP contribution in [0.15, 0.2) is 35.4 Å². The van der Waals surface area contributed by atoms with Crippen molar-refractivity contribution < 1.29 is 14.4 Å². The molecular formula is C18H21N3O4. The van der Waals surface area contributed by atoms with Gasteiger partial charge in [0, 0.05) is 18.7 Å². The molecule has 7 nitrogen and oxygen atoms in total. The summed E-state index contributed by atoms with van der Waals surface area (Å²) in [6.45, 7) is 4.18. The maximum absolute atomic E-state index is 11.5. The Balaban J connectivity index is 2.39. The van der Waals surface area contributed by atoms with E-state index in [2.05, 4.69) is 10.5 Å². The van der Waals surface area contributed by atoms with E-state index in [1.165, 1.54) is 19.4 Å². The highest BCUT2D eigenvalue weighted by atomic mass is 16.6. The molecule has 0 aliphatic carbocycles. The van der Waals surface area contributed by atoms with Gasteiger partial charge in [-0.25, -0.2) is 0 Å². The molecule has 0 heterocycles. The molecule has 0 atom stereocenters. The average molecular weight is 343 g/mol. The zero-order valence-corrected chi connectivity index (χ0v) is 14.7. The SMILES string of the molecule is CN/N=C/c1cc(OC)c(OCc2cc(C)ccc2C)c([N+](=O)[O-])c1. The molecule has 1 N–H and O–H groups in total. The fraction of sp³-hybridized carbons (Fsp3) is 0.278. The highest BCUT2D eigenvalue weighted by molar-refractivity contribution is 5.83. The quantitative estimate of drug-likeness (QED) is 0.473. The van der Waals surface area contributed by atoms with E-state index in [1.54, 1.807) is 13.1 Å². The van der Waals surface area contributed by atoms with Crippen LogP contribution in [0, 0.1) is 24.0 Å². The van der Waals surface area contributed by atoms with Crippen molar-refractivity contribution in [2.24, 2.45) is 5.10 Å². The molecule has 7 heteroatoms. The largest absolute Gasteiger partial charge is 0.493 e. The number of ether oxygens (including phenoxy) is 2. The van der Waals surface area contributed by atoms with Crippen molar-refractivity contribution in [1.82, 2.24) is 5.43 Å². The van der Waals surface area contributed by atoms with Crippen LogP contribution < -0.4 is 14.9 Å². The zero-order chi connectivity index (χ0) is 18.4. The third kappa shape index (κ3) is 4.47. The number of nitro groups is 1. The van der Waals surface area contributed by atoms with Gasteiger partial charge in [-0.05, 0) is 31.0 Å². The summed E-state index contributed by atoms with van der Waals surface area (Å²) in [7, 11) is 3.09. The molecular weight excluding hydrogens is 322 g/mol. The second-order valence-electron chi connectivity index (χ2n) is 5.53. The number of hydrazone groups is 1. The van der Waals surface area contributed by atoms with Crippen molar-refractivity contribution in [2.45, 2.75) is 20.5 Å². The number of nitro benzene ring substituents is 1. The Morgan fingerprint density at radius 2 is 2.04 bits per heavy atom. The van der Waals surface area contributed by atoms with Gasteiger partial charge in [0.25, 0.3) is 0 Å². The van der Waals surface area contributed by atoms with Crippen LogP contribution in [0.2, 0.25) is 0 Å². The van der Waals surface area contributed by atoms with Crippen LogP contribution in [-0.4, -0.2) is 25.3 Å². The van der Waals surface area contributed by atoms with Crippen molar-refractivity contribution in [3.8, 4) is 11.5 Å². The molecule has 2 aromatic rings. The third-order valence-electron chi connectivity index (χ3n) is 3.69. The highest BCUT2D eigenvalue weighted by Gasteiger charge is 2.22. The second kappa shape index (κ2) is 8.14. The first-order valence-electron chi connectivity index (χ1n) is 7.71. The topological polar surface area (TPSA) is 86.0 Å². The lowest BCUT2D eigenvalue weighted by Crippen LogP contribution is -2.04. The summed E-state index contributed by atoms with van der Waals surface area (Å²) in [5.74, 6) is 0.395. The fourth-order valence-corrected chi connectivity index (χ4v) is 2.36. The Labute approximate surface area is 146 Å². The summed E-state index contributed by atoms with van der Waals surface area (Å²) in [5.41, 5.74) is 6.11. The molecule has 132 valence electrons. The number of hydrogen-bond donors (Lipinski definition) is 1. The minimum Gasteiger partial charge on any atom is -0.493 e. The maximum Gasteiger partial charge on any atom is 0.315 e. The van der Waals surface area contributed by atoms with Gasteiger partial charge >= 0.3 is 5.69 Å². The fourth-order valence-electron chi connectivity index (χ4n) is 2.36. The molecule has 25 heavy (non-hydrogen) atoms. The van der Waals surface area contributed by atoms with Gasteiger partial charge in [-0.1, -0.05) is 23.8 Å². The van der Waals surface area contributed by atoms with Crippen molar-refractivity contribution in [2.75, 3.05) is 14.2 Å². The van der Waals surface area contributed by atoms with Crippen molar-refractivity contribution >= 4 is 11.9 Å². The molecule has 0 bridgehead atoms. The third-order valence-corrected chi connectivity index (χ3v) is 3.69. The molecule has 0 unspecified atom stereocenters. The van der Waals surface area contributed by atoms with Gasteiger partial charge in [-0.2, -0.15) is 5.10 Å². The molecule has 0 aromatic heterocycles. The summed E-state index contributed by atoms with van der Waals surface area (Å²) in [6.07, 6.45) is 1.48. The monoisotopic (exact) mass is 343 g/mol. The molecule has 2 rings (SSSR count). The van der Waals surface area contributed by atoms with Crippen molar-refractivity contribution in [3.63, 3.8) is 0 Å². The lowest BCUT2D eigenvalue weighted by molar-refractivity contribution is -0.386. The van der Waals surface area contributed by atoms with Crippen molar-refractivity contribution in [1.29, 1.82) is 0 Å². The molecule has 0 aliphatic rings. The molecule has 2 aromatic carbocycles. The van der Waals surface area contributed by atoms with Gasteiger partial charge < -0.3 is 14.9 Å². The summed E-state index contributed by atoms with van der Waals surface area (Å²) in [5, 5.41) is 15.3. The number of aryl methyl sites for hydroxylation is 2. The Kier molecular flexibility index (Phi) is 5.94. The molecule has 0 spiro atoms. The number of hydrogen-bond acceptors (Lipinski definition) is 6. The van der Waals surface area contributed by atoms with Crippen LogP contribution in [0.1, 0.15) is 22.3 Å². The molecule has 0 aliphatic heterocycles. The van der Waals surface area contributed by atoms with E-state index in [0.717, 1.165) is 16.7 Å². The van der Waals surface area contributed by atoms with Crippen molar-refractivity contribution in [3.05, 3.63) is 62.7 Å². The molecule has 0 fully saturated rings. The lowest BCUT2D eigenvalue weighted by Gasteiger charge is -2.13. The summed E-state index contributed by atoms with van der Waals surface area (Å²) >= 11 is 0. The van der Waals surface area contributed by atoms with Gasteiger partial charge in [0.15, 0.2) is 5.75 Å². The molecule has 0 saturated carbocycles. The predicted octanol–water partition coefficient (Wildman–Crippen LogP) is 3.35. The molecule has 0 amide bonds. The summed E-state index contributed by atoms with van der Waals surface area (Å²) in [4.78, 5) is 11.0. The van der Waals surface area contributed by atoms with E-state index < -0.39 is 4.92 Å². The lowest BCUT2D eigenvalue weighted by atomic mass is 10.1. The Morgan fingerprint density at radius 3 is 2.68 bits per heavy atom. The van der Waals surface area contributed by atoms with Crippen LogP contribution >= 0.6 is 0 Å². The first kappa shape index (κ1) is 18.3. The van der Waals surface area contributed by atoms with Crippen LogP contribution in [0.5, 0.6) is 11.5 Å². The maximum atomic E-state index is 11.5. The van der Waals surface area contributed by atoms with Gasteiger partial charge in [0.2, 0.25) is 5.75 Å². The van der Waals surface area contributed by atoms with E-state index in [-0.39, 0.29) is 23.8 Å². The van der Waals surface area contributed by atoms with Gasteiger partial charge in [0.05, 0.1) is 18.2 Å². The van der Waals surface area contributed by atoms with E-state index in [0.29, 0.717) is 5.56 Å². The van der Waals surface area contributed by atoms with Gasteiger partial charge in [0.1, 0.15) is 6.61 Å². The first-order chi connectivity index (χ1) is 12.0. The average Bonchev–Trinajstić information content (AvgIpc) is 2.60. The number of benzene rings is 2. The smallest absolute Gasteiger partial charge is 0.315 e. The van der Waals surface area contributed by atoms with E-state index >= 15 is 0 Å². The van der Waals surface area contributed by atoms with E-state index in [1.807, 2.05) is 32.0 Å². The van der Waals surface area contributed by atoms with Crippen LogP contribution in [-0.2, 0) is 6.61 Å². The standard InChI is InChI=1S/C18H21N3O4/c1-12-5-6-13(2)15(7-12)11-25-18-16(21(22)23)8-14(10-20-19-3)9-17(18)24-4/h5-10,19H,11H2,1-4H3/b20-10+. The van der Waals surface area contributed by atoms with Crippen LogP contribution in [0.3, 0.4) is 0 Å². The minimum atomic E-state index is -0.488. The Bertz CT molecular complexity index is 803. The molecule has 0 saturated heterocycles.